The topological polar surface area (TPSA) is 66.4 Å². The molecule has 1 aromatic heterocycles. The van der Waals surface area contributed by atoms with Crippen LogP contribution in [-0.2, 0) is 17.2 Å². The van der Waals surface area contributed by atoms with E-state index in [-0.39, 0.29) is 0 Å². The molecule has 3 unspecified atom stereocenters. The molecular formula is C20H30N4OS2. The van der Waals surface area contributed by atoms with Crippen LogP contribution in [-0.4, -0.2) is 45.8 Å². The molecule has 2 N–H and O–H groups in total. The van der Waals surface area contributed by atoms with Crippen LogP contribution in [0.5, 0.6) is 0 Å². The number of para-hydroxylation sites is 1. The number of thiazole rings is 1. The highest BCUT2D eigenvalue weighted by Gasteiger charge is 2.25. The van der Waals surface area contributed by atoms with Gasteiger partial charge in [0.2, 0.25) is 0 Å². The largest absolute Gasteiger partial charge is 0.356 e. The van der Waals surface area contributed by atoms with Crippen molar-refractivity contribution in [2.24, 2.45) is 4.99 Å². The lowest BCUT2D eigenvalue weighted by atomic mass is 9.95. The number of fused-ring (bicyclic) bond motifs is 1. The number of rotatable bonds is 7. The van der Waals surface area contributed by atoms with Gasteiger partial charge in [-0.25, -0.2) is 4.98 Å². The van der Waals surface area contributed by atoms with Crippen LogP contribution >= 0.6 is 11.3 Å². The second-order valence-corrected chi connectivity index (χ2v) is 10.1. The number of hydrogen-bond donors (Lipinski definition) is 2. The third-order valence-corrected chi connectivity index (χ3v) is 7.88. The van der Waals surface area contributed by atoms with Crippen LogP contribution in [0.25, 0.3) is 10.2 Å². The fourth-order valence-electron chi connectivity index (χ4n) is 3.61. The first-order valence-electron chi connectivity index (χ1n) is 9.88. The zero-order chi connectivity index (χ0) is 19.1. The molecule has 148 valence electrons. The third-order valence-electron chi connectivity index (χ3n) is 5.04. The first-order chi connectivity index (χ1) is 13.2. The monoisotopic (exact) mass is 406 g/mol. The summed E-state index contributed by atoms with van der Waals surface area (Å²) in [7, 11) is 1.12. The van der Waals surface area contributed by atoms with Gasteiger partial charge in [-0.2, -0.15) is 0 Å². The van der Waals surface area contributed by atoms with Gasteiger partial charge in [-0.3, -0.25) is 9.20 Å². The van der Waals surface area contributed by atoms with Gasteiger partial charge < -0.3 is 10.6 Å². The molecule has 1 aliphatic carbocycles. The molecule has 5 nitrogen and oxygen atoms in total. The molecule has 27 heavy (non-hydrogen) atoms. The molecule has 0 saturated heterocycles. The Morgan fingerprint density at radius 3 is 3.00 bits per heavy atom. The minimum absolute atomic E-state index is 0.332. The van der Waals surface area contributed by atoms with Crippen LogP contribution in [0.1, 0.15) is 44.0 Å². The summed E-state index contributed by atoms with van der Waals surface area (Å²) in [6.45, 7) is 2.88. The number of benzene rings is 1. The van der Waals surface area contributed by atoms with Crippen molar-refractivity contribution in [3.05, 3.63) is 29.3 Å². The first-order valence-corrected chi connectivity index (χ1v) is 12.1. The third kappa shape index (κ3) is 5.75. The highest BCUT2D eigenvalue weighted by molar-refractivity contribution is 7.85. The molecule has 0 radical (unpaired) electrons. The number of aromatic nitrogens is 1. The van der Waals surface area contributed by atoms with Gasteiger partial charge in [0.15, 0.2) is 5.96 Å². The summed E-state index contributed by atoms with van der Waals surface area (Å²) in [5.74, 6) is 1.61. The summed E-state index contributed by atoms with van der Waals surface area (Å²) >= 11 is 1.78. The minimum atomic E-state index is -0.692. The van der Waals surface area contributed by atoms with Crippen LogP contribution in [0.3, 0.4) is 0 Å². The van der Waals surface area contributed by atoms with E-state index in [1.165, 1.54) is 9.71 Å². The van der Waals surface area contributed by atoms with E-state index >= 15 is 0 Å². The lowest BCUT2D eigenvalue weighted by molar-refractivity contribution is 0.413. The van der Waals surface area contributed by atoms with Crippen LogP contribution < -0.4 is 10.6 Å². The molecule has 0 spiro atoms. The van der Waals surface area contributed by atoms with Crippen molar-refractivity contribution >= 4 is 38.3 Å². The van der Waals surface area contributed by atoms with Gasteiger partial charge in [0.05, 0.1) is 15.2 Å². The molecule has 2 aromatic rings. The van der Waals surface area contributed by atoms with Gasteiger partial charge >= 0.3 is 0 Å². The molecule has 7 heteroatoms. The number of nitrogens with one attached hydrogen (secondary N) is 2. The van der Waals surface area contributed by atoms with Crippen molar-refractivity contribution in [1.82, 2.24) is 15.6 Å². The predicted molar refractivity (Wildman–Crippen MR) is 117 cm³/mol. The first kappa shape index (κ1) is 20.3. The summed E-state index contributed by atoms with van der Waals surface area (Å²) < 4.78 is 13.4. The molecule has 0 amide bonds. The Kier molecular flexibility index (Phi) is 7.64. The van der Waals surface area contributed by atoms with Crippen LogP contribution in [0.15, 0.2) is 29.3 Å². The second-order valence-electron chi connectivity index (χ2n) is 6.98. The van der Waals surface area contributed by atoms with Crippen LogP contribution in [0.4, 0.5) is 0 Å². The van der Waals surface area contributed by atoms with E-state index in [1.807, 2.05) is 20.0 Å². The van der Waals surface area contributed by atoms with Crippen molar-refractivity contribution in [2.75, 3.05) is 19.3 Å². The molecule has 3 atom stereocenters. The Morgan fingerprint density at radius 1 is 1.37 bits per heavy atom. The molecular weight excluding hydrogens is 376 g/mol. The number of hydrogen-bond acceptors (Lipinski definition) is 4. The average molecular weight is 407 g/mol. The second kappa shape index (κ2) is 10.2. The summed E-state index contributed by atoms with van der Waals surface area (Å²) in [6.07, 6.45) is 6.34. The van der Waals surface area contributed by atoms with Crippen molar-refractivity contribution in [1.29, 1.82) is 0 Å². The maximum Gasteiger partial charge on any atom is 0.191 e. The molecule has 0 aliphatic heterocycles. The van der Waals surface area contributed by atoms with Crippen molar-refractivity contribution in [2.45, 2.75) is 56.7 Å². The number of aryl methyl sites for hydroxylation is 1. The molecule has 1 fully saturated rings. The average Bonchev–Trinajstić information content (AvgIpc) is 3.12. The van der Waals surface area contributed by atoms with Crippen molar-refractivity contribution in [3.8, 4) is 0 Å². The summed E-state index contributed by atoms with van der Waals surface area (Å²) in [4.78, 5) is 9.05. The fourth-order valence-corrected chi connectivity index (χ4v) is 5.97. The van der Waals surface area contributed by atoms with Gasteiger partial charge in [-0.05, 0) is 37.8 Å². The van der Waals surface area contributed by atoms with E-state index < -0.39 is 10.8 Å². The number of nitrogens with zero attached hydrogens (tertiary/aromatic N) is 2. The van der Waals surface area contributed by atoms with Gasteiger partial charge in [-0.15, -0.1) is 11.3 Å². The van der Waals surface area contributed by atoms with Crippen molar-refractivity contribution < 1.29 is 4.21 Å². The molecule has 3 rings (SSSR count). The van der Waals surface area contributed by atoms with Gasteiger partial charge in [0.1, 0.15) is 0 Å². The van der Waals surface area contributed by atoms with Crippen molar-refractivity contribution in [3.63, 3.8) is 0 Å². The predicted octanol–water partition coefficient (Wildman–Crippen LogP) is 3.47. The standard InChI is InChI=1S/C20H30N4OS2/c1-3-27(25)16-9-6-8-15(14-16)23-20(21-2)22-13-7-12-19-24-17-10-4-5-11-18(17)26-19/h4-5,10-11,15-16H,3,6-9,12-14H2,1-2H3,(H2,21,22,23). The van der Waals surface area contributed by atoms with Crippen LogP contribution in [0, 0.1) is 0 Å². The number of aliphatic imine (C=N–C) groups is 1. The molecule has 1 aromatic carbocycles. The molecule has 1 aliphatic rings. The smallest absolute Gasteiger partial charge is 0.191 e. The molecule has 1 saturated carbocycles. The quantitative estimate of drug-likeness (QED) is 0.420. The van der Waals surface area contributed by atoms with Gasteiger partial charge in [0, 0.05) is 47.9 Å². The van der Waals surface area contributed by atoms with E-state index in [9.17, 15) is 4.21 Å². The zero-order valence-corrected chi connectivity index (χ0v) is 17.9. The minimum Gasteiger partial charge on any atom is -0.356 e. The fraction of sp³-hybridized carbons (Fsp3) is 0.600. The maximum absolute atomic E-state index is 12.1. The number of guanidine groups is 1. The molecule has 1 heterocycles. The van der Waals surface area contributed by atoms with Gasteiger partial charge in [-0.1, -0.05) is 25.5 Å². The lowest BCUT2D eigenvalue weighted by Crippen LogP contribution is -2.46. The van der Waals surface area contributed by atoms with E-state index in [4.69, 9.17) is 4.98 Å². The Labute approximate surface area is 168 Å². The Bertz CT molecular complexity index is 756. The van der Waals surface area contributed by atoms with Gasteiger partial charge in [0.25, 0.3) is 0 Å². The van der Waals surface area contributed by atoms with E-state index in [0.29, 0.717) is 11.3 Å². The van der Waals surface area contributed by atoms with Crippen LogP contribution in [0.2, 0.25) is 0 Å². The Morgan fingerprint density at radius 2 is 2.22 bits per heavy atom. The van der Waals surface area contributed by atoms with E-state index in [2.05, 4.69) is 33.8 Å². The Hall–Kier alpha value is -1.47. The highest BCUT2D eigenvalue weighted by Crippen LogP contribution is 2.23. The lowest BCUT2D eigenvalue weighted by Gasteiger charge is -2.30. The summed E-state index contributed by atoms with van der Waals surface area (Å²) in [5.41, 5.74) is 1.10. The summed E-state index contributed by atoms with van der Waals surface area (Å²) in [6, 6.07) is 8.67. The Balaban J connectivity index is 1.41. The van der Waals surface area contributed by atoms with E-state index in [1.54, 1.807) is 11.3 Å². The highest BCUT2D eigenvalue weighted by atomic mass is 32.2. The van der Waals surface area contributed by atoms with E-state index in [0.717, 1.165) is 62.3 Å². The zero-order valence-electron chi connectivity index (χ0n) is 16.2. The molecule has 0 bridgehead atoms. The normalized spacial score (nSPS) is 21.9. The maximum atomic E-state index is 12.1. The summed E-state index contributed by atoms with van der Waals surface area (Å²) in [5, 5.41) is 8.47. The SMILES string of the molecule is CCS(=O)C1CCCC(NC(=NC)NCCCc2nc3ccccc3s2)C1.